The molecular formula is C34H35ClN4O8. The molecule has 1 atom stereocenters. The standard InChI is InChI=1S/C25H26ClN3O5.C9H9NO3/c26-19-7-5-17(6-8-19)24(31)28-22(25(32)34-14-11-29-9-12-33-13-10-29)15-18-16-23(30)27-21-4-2-1-3-20(18)21;1-6(11)10-8-4-2-7(3-5-8)9(12)13/h1-8,16,22H,9-15H2,(H,27,30)(H,28,31);2-5H,1H3,(H,10,11)(H,12,13). The Morgan fingerprint density at radius 1 is 0.979 bits per heavy atom. The molecule has 1 unspecified atom stereocenters. The molecule has 2 amide bonds. The van der Waals surface area contributed by atoms with Crippen LogP contribution >= 0.6 is 11.6 Å². The number of rotatable bonds is 10. The van der Waals surface area contributed by atoms with Gasteiger partial charge in [-0.15, -0.1) is 0 Å². The maximum absolute atomic E-state index is 13.0. The van der Waals surface area contributed by atoms with E-state index >= 15 is 0 Å². The number of aromatic nitrogens is 1. The lowest BCUT2D eigenvalue weighted by Crippen LogP contribution is -2.44. The molecule has 12 nitrogen and oxygen atoms in total. The number of carbonyl (C=O) groups excluding carboxylic acids is 3. The number of H-pyrrole nitrogens is 1. The van der Waals surface area contributed by atoms with Gasteiger partial charge in [-0.2, -0.15) is 0 Å². The summed E-state index contributed by atoms with van der Waals surface area (Å²) in [4.78, 5) is 64.1. The smallest absolute Gasteiger partial charge is 0.335 e. The largest absolute Gasteiger partial charge is 0.478 e. The van der Waals surface area contributed by atoms with Crippen LogP contribution in [0.25, 0.3) is 10.9 Å². The number of nitrogens with zero attached hydrogens (tertiary/aromatic N) is 1. The lowest BCUT2D eigenvalue weighted by Gasteiger charge is -2.26. The molecule has 5 rings (SSSR count). The van der Waals surface area contributed by atoms with Gasteiger partial charge in [-0.1, -0.05) is 29.8 Å². The molecule has 246 valence electrons. The second kappa shape index (κ2) is 17.0. The number of para-hydroxylation sites is 1. The zero-order chi connectivity index (χ0) is 33.8. The number of esters is 1. The van der Waals surface area contributed by atoms with Crippen molar-refractivity contribution in [3.8, 4) is 0 Å². The molecule has 4 N–H and O–H groups in total. The molecule has 1 aliphatic rings. The van der Waals surface area contributed by atoms with Crippen molar-refractivity contribution in [2.45, 2.75) is 19.4 Å². The molecule has 47 heavy (non-hydrogen) atoms. The lowest BCUT2D eigenvalue weighted by atomic mass is 10.0. The molecule has 13 heteroatoms. The summed E-state index contributed by atoms with van der Waals surface area (Å²) in [5.74, 6) is -2.14. The number of nitrogens with one attached hydrogen (secondary N) is 3. The summed E-state index contributed by atoms with van der Waals surface area (Å²) >= 11 is 5.92. The van der Waals surface area contributed by atoms with Crippen molar-refractivity contribution >= 4 is 51.9 Å². The third-order valence-corrected chi connectivity index (χ3v) is 7.42. The number of ether oxygens (including phenoxy) is 2. The summed E-state index contributed by atoms with van der Waals surface area (Å²) in [6, 6.07) is 20.2. The molecule has 1 saturated heterocycles. The Kier molecular flexibility index (Phi) is 12.6. The number of pyridine rings is 1. The first-order chi connectivity index (χ1) is 22.6. The fraction of sp³-hybridized carbons (Fsp3) is 0.265. The molecule has 0 saturated carbocycles. The molecule has 2 heterocycles. The summed E-state index contributed by atoms with van der Waals surface area (Å²) in [6.07, 6.45) is 0.111. The summed E-state index contributed by atoms with van der Waals surface area (Å²) in [6.45, 7) is 5.06. The monoisotopic (exact) mass is 662 g/mol. The topological polar surface area (TPSA) is 167 Å². The molecule has 0 spiro atoms. The normalized spacial score (nSPS) is 13.5. The van der Waals surface area contributed by atoms with Crippen LogP contribution in [0.1, 0.15) is 33.2 Å². The number of fused-ring (bicyclic) bond motifs is 1. The predicted molar refractivity (Wildman–Crippen MR) is 177 cm³/mol. The molecule has 1 fully saturated rings. The Bertz CT molecular complexity index is 1750. The number of hydrogen-bond donors (Lipinski definition) is 4. The number of hydrogen-bond acceptors (Lipinski definition) is 8. The molecular weight excluding hydrogens is 628 g/mol. The van der Waals surface area contributed by atoms with Gasteiger partial charge in [-0.05, 0) is 60.2 Å². The van der Waals surface area contributed by atoms with Gasteiger partial charge in [-0.3, -0.25) is 19.3 Å². The first kappa shape index (κ1) is 34.8. The second-order valence-electron chi connectivity index (χ2n) is 10.6. The number of halogens is 1. The van der Waals surface area contributed by atoms with E-state index in [1.807, 2.05) is 18.2 Å². The van der Waals surface area contributed by atoms with Crippen molar-refractivity contribution in [1.29, 1.82) is 0 Å². The van der Waals surface area contributed by atoms with Crippen LogP contribution in [-0.4, -0.2) is 84.2 Å². The minimum atomic E-state index is -0.977. The molecule has 1 aliphatic heterocycles. The predicted octanol–water partition coefficient (Wildman–Crippen LogP) is 3.74. The maximum atomic E-state index is 13.0. The zero-order valence-corrected chi connectivity index (χ0v) is 26.4. The van der Waals surface area contributed by atoms with E-state index in [1.165, 1.54) is 25.1 Å². The molecule has 0 radical (unpaired) electrons. The van der Waals surface area contributed by atoms with Crippen molar-refractivity contribution in [2.75, 3.05) is 44.8 Å². The van der Waals surface area contributed by atoms with Gasteiger partial charge >= 0.3 is 11.9 Å². The van der Waals surface area contributed by atoms with E-state index in [0.29, 0.717) is 47.1 Å². The first-order valence-electron chi connectivity index (χ1n) is 14.8. The van der Waals surface area contributed by atoms with Crippen molar-refractivity contribution < 1.29 is 33.8 Å². The van der Waals surface area contributed by atoms with E-state index in [-0.39, 0.29) is 30.1 Å². The Morgan fingerprint density at radius 2 is 1.64 bits per heavy atom. The zero-order valence-electron chi connectivity index (χ0n) is 25.7. The van der Waals surface area contributed by atoms with Crippen LogP contribution in [0.2, 0.25) is 5.02 Å². The van der Waals surface area contributed by atoms with Crippen LogP contribution in [-0.2, 0) is 25.5 Å². The SMILES string of the molecule is CC(=O)Nc1ccc(C(=O)O)cc1.O=C(NC(Cc1cc(=O)[nH]c2ccccc12)C(=O)OCCN1CCOCC1)c1ccc(Cl)cc1. The van der Waals surface area contributed by atoms with Crippen LogP contribution in [0, 0.1) is 0 Å². The molecule has 3 aromatic carbocycles. The van der Waals surface area contributed by atoms with Gasteiger partial charge in [-0.25, -0.2) is 9.59 Å². The summed E-state index contributed by atoms with van der Waals surface area (Å²) in [5, 5.41) is 15.2. The number of amides is 2. The molecule has 0 aliphatic carbocycles. The number of carboxylic acid groups (broad SMARTS) is 1. The number of anilines is 1. The van der Waals surface area contributed by atoms with E-state index in [4.69, 9.17) is 26.2 Å². The van der Waals surface area contributed by atoms with Crippen LogP contribution in [0.15, 0.2) is 83.7 Å². The Labute approximate surface area is 275 Å². The van der Waals surface area contributed by atoms with Gasteiger partial charge < -0.3 is 30.2 Å². The van der Waals surface area contributed by atoms with Crippen LogP contribution in [0.5, 0.6) is 0 Å². The average molecular weight is 663 g/mol. The number of carbonyl (C=O) groups is 4. The van der Waals surface area contributed by atoms with Gasteiger partial charge in [0.05, 0.1) is 18.8 Å². The third-order valence-electron chi connectivity index (χ3n) is 7.16. The van der Waals surface area contributed by atoms with Crippen molar-refractivity contribution in [1.82, 2.24) is 15.2 Å². The van der Waals surface area contributed by atoms with Gasteiger partial charge in [0, 0.05) is 66.2 Å². The Balaban J connectivity index is 0.000000323. The van der Waals surface area contributed by atoms with Crippen LogP contribution < -0.4 is 16.2 Å². The highest BCUT2D eigenvalue weighted by Crippen LogP contribution is 2.17. The number of aromatic amines is 1. The van der Waals surface area contributed by atoms with Crippen molar-refractivity contribution in [3.05, 3.63) is 111 Å². The quantitative estimate of drug-likeness (QED) is 0.185. The first-order valence-corrected chi connectivity index (χ1v) is 15.2. The highest BCUT2D eigenvalue weighted by molar-refractivity contribution is 6.30. The summed E-state index contributed by atoms with van der Waals surface area (Å²) in [5.41, 5.74) is 2.19. The van der Waals surface area contributed by atoms with E-state index in [1.54, 1.807) is 42.5 Å². The lowest BCUT2D eigenvalue weighted by molar-refractivity contribution is -0.146. The van der Waals surface area contributed by atoms with E-state index < -0.39 is 23.9 Å². The minimum absolute atomic E-state index is 0.111. The van der Waals surface area contributed by atoms with Gasteiger partial charge in [0.1, 0.15) is 12.6 Å². The molecule has 4 aromatic rings. The van der Waals surface area contributed by atoms with Crippen LogP contribution in [0.3, 0.4) is 0 Å². The highest BCUT2D eigenvalue weighted by atomic mass is 35.5. The number of morpholine rings is 1. The fourth-order valence-electron chi connectivity index (χ4n) is 4.80. The van der Waals surface area contributed by atoms with Gasteiger partial charge in [0.2, 0.25) is 11.5 Å². The fourth-order valence-corrected chi connectivity index (χ4v) is 4.93. The highest BCUT2D eigenvalue weighted by Gasteiger charge is 2.25. The number of carboxylic acids is 1. The van der Waals surface area contributed by atoms with E-state index in [0.717, 1.165) is 18.5 Å². The van der Waals surface area contributed by atoms with Crippen molar-refractivity contribution in [2.24, 2.45) is 0 Å². The summed E-state index contributed by atoms with van der Waals surface area (Å²) < 4.78 is 10.9. The average Bonchev–Trinajstić information content (AvgIpc) is 3.05. The van der Waals surface area contributed by atoms with Crippen molar-refractivity contribution in [3.63, 3.8) is 0 Å². The second-order valence-corrected chi connectivity index (χ2v) is 11.1. The third kappa shape index (κ3) is 10.8. The number of aromatic carboxylic acids is 1. The van der Waals surface area contributed by atoms with Gasteiger partial charge in [0.25, 0.3) is 5.91 Å². The Morgan fingerprint density at radius 3 is 2.30 bits per heavy atom. The summed E-state index contributed by atoms with van der Waals surface area (Å²) in [7, 11) is 0. The van der Waals surface area contributed by atoms with Crippen LogP contribution in [0.4, 0.5) is 5.69 Å². The van der Waals surface area contributed by atoms with E-state index in [9.17, 15) is 24.0 Å². The Hall–Kier alpha value is -5.04. The molecule has 0 bridgehead atoms. The van der Waals surface area contributed by atoms with Gasteiger partial charge in [0.15, 0.2) is 0 Å². The number of benzene rings is 3. The minimum Gasteiger partial charge on any atom is -0.478 e. The maximum Gasteiger partial charge on any atom is 0.335 e. The van der Waals surface area contributed by atoms with E-state index in [2.05, 4.69) is 20.5 Å². The molecule has 1 aromatic heterocycles.